The predicted molar refractivity (Wildman–Crippen MR) is 89.0 cm³/mol. The van der Waals surface area contributed by atoms with E-state index in [0.29, 0.717) is 6.54 Å². The van der Waals surface area contributed by atoms with Gasteiger partial charge < -0.3 is 11.1 Å². The summed E-state index contributed by atoms with van der Waals surface area (Å²) in [4.78, 5) is 15.1. The molecule has 2 atom stereocenters. The molecule has 114 valence electrons. The molecule has 0 saturated carbocycles. The molecular formula is C14H24BrN3OS. The normalized spacial score (nSPS) is 14.3. The summed E-state index contributed by atoms with van der Waals surface area (Å²) in [5.41, 5.74) is 6.32. The van der Waals surface area contributed by atoms with Crippen LogP contribution in [0.25, 0.3) is 0 Å². The van der Waals surface area contributed by atoms with Gasteiger partial charge in [0.1, 0.15) is 0 Å². The minimum absolute atomic E-state index is 0.0248. The Morgan fingerprint density at radius 1 is 1.55 bits per heavy atom. The predicted octanol–water partition coefficient (Wildman–Crippen LogP) is 2.75. The molecule has 6 heteroatoms. The fourth-order valence-corrected chi connectivity index (χ4v) is 3.89. The summed E-state index contributed by atoms with van der Waals surface area (Å²) in [6, 6.07) is 2.22. The summed E-state index contributed by atoms with van der Waals surface area (Å²) in [6.45, 7) is 5.46. The Morgan fingerprint density at radius 2 is 2.25 bits per heavy atom. The monoisotopic (exact) mass is 361 g/mol. The average Bonchev–Trinajstić information content (AvgIpc) is 2.85. The molecule has 0 aliphatic rings. The zero-order valence-electron chi connectivity index (χ0n) is 12.4. The number of nitrogens with zero attached hydrogens (tertiary/aromatic N) is 1. The van der Waals surface area contributed by atoms with Crippen LogP contribution in [-0.2, 0) is 4.79 Å². The zero-order chi connectivity index (χ0) is 15.1. The van der Waals surface area contributed by atoms with Gasteiger partial charge in [-0.2, -0.15) is 0 Å². The number of amides is 1. The first-order valence-electron chi connectivity index (χ1n) is 6.97. The number of thiophene rings is 1. The lowest BCUT2D eigenvalue weighted by atomic mass is 10.0. The maximum atomic E-state index is 11.7. The molecule has 0 radical (unpaired) electrons. The van der Waals surface area contributed by atoms with Gasteiger partial charge in [-0.1, -0.05) is 13.8 Å². The van der Waals surface area contributed by atoms with E-state index >= 15 is 0 Å². The molecule has 1 rings (SSSR count). The summed E-state index contributed by atoms with van der Waals surface area (Å²) in [5.74, 6) is 0.0300. The van der Waals surface area contributed by atoms with E-state index in [4.69, 9.17) is 5.73 Å². The summed E-state index contributed by atoms with van der Waals surface area (Å²) < 4.78 is 1.07. The first kappa shape index (κ1) is 17.6. The van der Waals surface area contributed by atoms with Crippen LogP contribution < -0.4 is 11.1 Å². The maximum Gasteiger partial charge on any atom is 0.233 e. The molecule has 0 saturated heterocycles. The number of carbonyl (C=O) groups is 1. The van der Waals surface area contributed by atoms with Crippen LogP contribution in [0, 0.1) is 0 Å². The quantitative estimate of drug-likeness (QED) is 0.748. The van der Waals surface area contributed by atoms with Crippen molar-refractivity contribution in [3.05, 3.63) is 20.8 Å². The smallest absolute Gasteiger partial charge is 0.233 e. The van der Waals surface area contributed by atoms with Crippen molar-refractivity contribution in [3.8, 4) is 0 Å². The van der Waals surface area contributed by atoms with Gasteiger partial charge in [0.25, 0.3) is 0 Å². The SMILES string of the molecule is CCCN(CC(=O)NC)C(c1cc(Br)cs1)C(N)CC. The van der Waals surface area contributed by atoms with Crippen LogP contribution in [0.15, 0.2) is 15.9 Å². The Labute approximate surface area is 133 Å². The highest BCUT2D eigenvalue weighted by Gasteiger charge is 2.27. The van der Waals surface area contributed by atoms with Crippen LogP contribution >= 0.6 is 27.3 Å². The Balaban J connectivity index is 3.01. The van der Waals surface area contributed by atoms with Gasteiger partial charge in [0.2, 0.25) is 5.91 Å². The van der Waals surface area contributed by atoms with Crippen molar-refractivity contribution >= 4 is 33.2 Å². The minimum Gasteiger partial charge on any atom is -0.358 e. The molecule has 1 aromatic heterocycles. The summed E-state index contributed by atoms with van der Waals surface area (Å²) in [5, 5.41) is 4.76. The van der Waals surface area contributed by atoms with Gasteiger partial charge in [-0.25, -0.2) is 0 Å². The van der Waals surface area contributed by atoms with E-state index in [1.807, 2.05) is 0 Å². The van der Waals surface area contributed by atoms with E-state index in [0.717, 1.165) is 23.9 Å². The van der Waals surface area contributed by atoms with Crippen molar-refractivity contribution in [1.29, 1.82) is 0 Å². The molecule has 0 spiro atoms. The zero-order valence-corrected chi connectivity index (χ0v) is 14.8. The van der Waals surface area contributed by atoms with E-state index in [1.54, 1.807) is 18.4 Å². The van der Waals surface area contributed by atoms with Crippen molar-refractivity contribution in [2.45, 2.75) is 38.8 Å². The van der Waals surface area contributed by atoms with Crippen LogP contribution in [0.5, 0.6) is 0 Å². The fraction of sp³-hybridized carbons (Fsp3) is 0.643. The number of nitrogens with two attached hydrogens (primary N) is 1. The summed E-state index contributed by atoms with van der Waals surface area (Å²) in [6.07, 6.45) is 1.88. The molecule has 1 aromatic rings. The maximum absolute atomic E-state index is 11.7. The van der Waals surface area contributed by atoms with Crippen LogP contribution in [0.1, 0.15) is 37.6 Å². The van der Waals surface area contributed by atoms with Gasteiger partial charge in [0.15, 0.2) is 0 Å². The fourth-order valence-electron chi connectivity index (χ4n) is 2.24. The Kier molecular flexibility index (Phi) is 7.72. The first-order chi connectivity index (χ1) is 9.53. The highest BCUT2D eigenvalue weighted by Crippen LogP contribution is 2.32. The second-order valence-electron chi connectivity index (χ2n) is 4.83. The Hall–Kier alpha value is -0.430. The van der Waals surface area contributed by atoms with Gasteiger partial charge in [0, 0.05) is 27.8 Å². The van der Waals surface area contributed by atoms with E-state index < -0.39 is 0 Å². The molecule has 4 nitrogen and oxygen atoms in total. The van der Waals surface area contributed by atoms with Crippen LogP contribution in [0.2, 0.25) is 0 Å². The number of hydrogen-bond acceptors (Lipinski definition) is 4. The summed E-state index contributed by atoms with van der Waals surface area (Å²) >= 11 is 5.19. The number of likely N-dealkylation sites (N-methyl/N-ethyl adjacent to an activating group) is 1. The van der Waals surface area contributed by atoms with Crippen LogP contribution in [0.3, 0.4) is 0 Å². The minimum atomic E-state index is 0.0248. The van der Waals surface area contributed by atoms with E-state index in [9.17, 15) is 4.79 Å². The lowest BCUT2D eigenvalue weighted by Crippen LogP contribution is -2.45. The number of nitrogens with one attached hydrogen (secondary N) is 1. The van der Waals surface area contributed by atoms with Gasteiger partial charge in [-0.15, -0.1) is 11.3 Å². The van der Waals surface area contributed by atoms with Crippen LogP contribution in [0.4, 0.5) is 0 Å². The van der Waals surface area contributed by atoms with Crippen molar-refractivity contribution in [1.82, 2.24) is 10.2 Å². The summed E-state index contributed by atoms with van der Waals surface area (Å²) in [7, 11) is 1.67. The molecule has 0 fully saturated rings. The molecule has 0 aromatic carbocycles. The molecule has 1 amide bonds. The number of carbonyl (C=O) groups excluding carboxylic acids is 1. The Bertz CT molecular complexity index is 424. The molecule has 1 heterocycles. The third kappa shape index (κ3) is 4.84. The van der Waals surface area contributed by atoms with Crippen molar-refractivity contribution in [3.63, 3.8) is 0 Å². The van der Waals surface area contributed by atoms with Gasteiger partial charge in [0.05, 0.1) is 12.6 Å². The third-order valence-electron chi connectivity index (χ3n) is 3.29. The standard InChI is InChI=1S/C14H24BrN3OS/c1-4-6-18(8-13(19)17-3)14(11(16)5-2)12-7-10(15)9-20-12/h7,9,11,14H,4-6,8,16H2,1-3H3,(H,17,19). The topological polar surface area (TPSA) is 58.4 Å². The molecule has 3 N–H and O–H groups in total. The lowest BCUT2D eigenvalue weighted by molar-refractivity contribution is -0.122. The van der Waals surface area contributed by atoms with Gasteiger partial charge >= 0.3 is 0 Å². The third-order valence-corrected chi connectivity index (χ3v) is 5.05. The molecular weight excluding hydrogens is 338 g/mol. The largest absolute Gasteiger partial charge is 0.358 e. The van der Waals surface area contributed by atoms with Gasteiger partial charge in [-0.3, -0.25) is 9.69 Å². The highest BCUT2D eigenvalue weighted by atomic mass is 79.9. The van der Waals surface area contributed by atoms with E-state index in [2.05, 4.69) is 51.4 Å². The Morgan fingerprint density at radius 3 is 2.70 bits per heavy atom. The van der Waals surface area contributed by atoms with Crippen molar-refractivity contribution in [2.75, 3.05) is 20.1 Å². The lowest BCUT2D eigenvalue weighted by Gasteiger charge is -2.34. The molecule has 20 heavy (non-hydrogen) atoms. The molecule has 2 unspecified atom stereocenters. The molecule has 0 bridgehead atoms. The average molecular weight is 362 g/mol. The number of rotatable bonds is 8. The van der Waals surface area contributed by atoms with E-state index in [-0.39, 0.29) is 18.0 Å². The second kappa shape index (κ2) is 8.77. The highest BCUT2D eigenvalue weighted by molar-refractivity contribution is 9.10. The molecule has 0 aliphatic heterocycles. The number of halogens is 1. The first-order valence-corrected chi connectivity index (χ1v) is 8.64. The number of hydrogen-bond donors (Lipinski definition) is 2. The van der Waals surface area contributed by atoms with Crippen LogP contribution in [-0.4, -0.2) is 37.0 Å². The molecule has 0 aliphatic carbocycles. The van der Waals surface area contributed by atoms with Crippen molar-refractivity contribution < 1.29 is 4.79 Å². The van der Waals surface area contributed by atoms with E-state index in [1.165, 1.54) is 4.88 Å². The van der Waals surface area contributed by atoms with Crippen molar-refractivity contribution in [2.24, 2.45) is 5.73 Å². The second-order valence-corrected chi connectivity index (χ2v) is 6.69. The van der Waals surface area contributed by atoms with Gasteiger partial charge in [-0.05, 0) is 41.4 Å².